The van der Waals surface area contributed by atoms with Gasteiger partial charge in [-0.15, -0.1) is 0 Å². The van der Waals surface area contributed by atoms with Crippen molar-refractivity contribution >= 4 is 27.5 Å². The van der Waals surface area contributed by atoms with Crippen LogP contribution in [0.4, 0.5) is 0 Å². The van der Waals surface area contributed by atoms with Gasteiger partial charge in [-0.25, -0.2) is 0 Å². The van der Waals surface area contributed by atoms with E-state index in [2.05, 4.69) is 15.9 Å². The Morgan fingerprint density at radius 3 is 2.69 bits per heavy atom. The molecule has 84 valence electrons. The maximum absolute atomic E-state index is 10.0. The number of hydrogen-bond donors (Lipinski definition) is 1. The highest BCUT2D eigenvalue weighted by Gasteiger charge is 2.15. The van der Waals surface area contributed by atoms with E-state index in [9.17, 15) is 5.11 Å². The van der Waals surface area contributed by atoms with E-state index in [1.807, 2.05) is 24.3 Å². The second-order valence-corrected chi connectivity index (χ2v) is 4.59. The largest absolute Gasteiger partial charge is 0.457 e. The van der Waals surface area contributed by atoms with Crippen LogP contribution in [0.3, 0.4) is 0 Å². The van der Waals surface area contributed by atoms with Crippen LogP contribution in [0.5, 0.6) is 0 Å². The summed E-state index contributed by atoms with van der Waals surface area (Å²) >= 11 is 9.26. The van der Waals surface area contributed by atoms with Crippen LogP contribution in [-0.4, -0.2) is 5.11 Å². The highest BCUT2D eigenvalue weighted by molar-refractivity contribution is 9.10. The van der Waals surface area contributed by atoms with Crippen molar-refractivity contribution in [2.75, 3.05) is 0 Å². The molecule has 2 nitrogen and oxygen atoms in total. The Bertz CT molecular complexity index is 481. The lowest BCUT2D eigenvalue weighted by Gasteiger charge is -2.10. The summed E-state index contributed by atoms with van der Waals surface area (Å²) in [6.45, 7) is 0. The molecule has 0 fully saturated rings. The molecule has 4 heteroatoms. The van der Waals surface area contributed by atoms with Gasteiger partial charge >= 0.3 is 0 Å². The molecule has 16 heavy (non-hydrogen) atoms. The molecular weight excluding hydrogens is 291 g/mol. The molecule has 0 bridgehead atoms. The number of benzene rings is 1. The molecular formula is C12H10BrClO2. The zero-order chi connectivity index (χ0) is 11.5. The Hall–Kier alpha value is -0.770. The highest BCUT2D eigenvalue weighted by atomic mass is 79.9. The van der Waals surface area contributed by atoms with Crippen LogP contribution in [0.25, 0.3) is 0 Å². The maximum atomic E-state index is 10.0. The second-order valence-electron chi connectivity index (χ2n) is 3.46. The Kier molecular flexibility index (Phi) is 3.69. The van der Waals surface area contributed by atoms with Gasteiger partial charge in [0, 0.05) is 17.0 Å². The van der Waals surface area contributed by atoms with E-state index in [1.165, 1.54) is 6.26 Å². The lowest BCUT2D eigenvalue weighted by molar-refractivity contribution is 0.176. The quantitative estimate of drug-likeness (QED) is 0.930. The topological polar surface area (TPSA) is 33.4 Å². The normalized spacial score (nSPS) is 12.7. The SMILES string of the molecule is OC(Cc1ccccc1Cl)c1ccoc1Br. The van der Waals surface area contributed by atoms with Crippen molar-refractivity contribution in [2.45, 2.75) is 12.5 Å². The van der Waals surface area contributed by atoms with Gasteiger partial charge in [0.15, 0.2) is 4.67 Å². The summed E-state index contributed by atoms with van der Waals surface area (Å²) in [6, 6.07) is 9.23. The first-order chi connectivity index (χ1) is 7.68. The van der Waals surface area contributed by atoms with Crippen LogP contribution in [-0.2, 0) is 6.42 Å². The second kappa shape index (κ2) is 5.04. The first kappa shape index (κ1) is 11.7. The summed E-state index contributed by atoms with van der Waals surface area (Å²) in [6.07, 6.45) is 1.39. The fourth-order valence-electron chi connectivity index (χ4n) is 1.52. The zero-order valence-electron chi connectivity index (χ0n) is 8.36. The van der Waals surface area contributed by atoms with E-state index in [0.717, 1.165) is 11.1 Å². The highest BCUT2D eigenvalue weighted by Crippen LogP contribution is 2.28. The minimum Gasteiger partial charge on any atom is -0.457 e. The predicted molar refractivity (Wildman–Crippen MR) is 66.5 cm³/mol. The number of rotatable bonds is 3. The third-order valence-electron chi connectivity index (χ3n) is 2.38. The molecule has 0 amide bonds. The lowest BCUT2D eigenvalue weighted by atomic mass is 10.0. The van der Waals surface area contributed by atoms with Crippen LogP contribution < -0.4 is 0 Å². The molecule has 0 aliphatic rings. The Morgan fingerprint density at radius 1 is 1.31 bits per heavy atom. The van der Waals surface area contributed by atoms with E-state index in [4.69, 9.17) is 16.0 Å². The minimum absolute atomic E-state index is 0.470. The fourth-order valence-corrected chi connectivity index (χ4v) is 2.24. The summed E-state index contributed by atoms with van der Waals surface area (Å²) in [5.74, 6) is 0. The summed E-state index contributed by atoms with van der Waals surface area (Å²) in [4.78, 5) is 0. The molecule has 0 radical (unpaired) electrons. The Labute approximate surface area is 107 Å². The molecule has 0 saturated carbocycles. The van der Waals surface area contributed by atoms with Crippen LogP contribution in [0.15, 0.2) is 45.7 Å². The number of furan rings is 1. The molecule has 1 heterocycles. The molecule has 1 N–H and O–H groups in total. The zero-order valence-corrected chi connectivity index (χ0v) is 10.7. The van der Waals surface area contributed by atoms with Gasteiger partial charge in [-0.3, -0.25) is 0 Å². The van der Waals surface area contributed by atoms with Crippen molar-refractivity contribution < 1.29 is 9.52 Å². The summed E-state index contributed by atoms with van der Waals surface area (Å²) < 4.78 is 5.64. The van der Waals surface area contributed by atoms with E-state index < -0.39 is 6.10 Å². The van der Waals surface area contributed by atoms with Crippen molar-refractivity contribution in [3.63, 3.8) is 0 Å². The molecule has 1 unspecified atom stereocenters. The molecule has 1 aromatic carbocycles. The fraction of sp³-hybridized carbons (Fsp3) is 0.167. The van der Waals surface area contributed by atoms with E-state index in [0.29, 0.717) is 16.1 Å². The lowest BCUT2D eigenvalue weighted by Crippen LogP contribution is -2.01. The van der Waals surface area contributed by atoms with Crippen LogP contribution in [0, 0.1) is 0 Å². The van der Waals surface area contributed by atoms with Crippen molar-refractivity contribution in [1.82, 2.24) is 0 Å². The van der Waals surface area contributed by atoms with Crippen LogP contribution in [0.1, 0.15) is 17.2 Å². The van der Waals surface area contributed by atoms with Gasteiger partial charge in [-0.05, 0) is 33.6 Å². The molecule has 0 spiro atoms. The summed E-state index contributed by atoms with van der Waals surface area (Å²) in [7, 11) is 0. The Morgan fingerprint density at radius 2 is 2.06 bits per heavy atom. The molecule has 2 aromatic rings. The maximum Gasteiger partial charge on any atom is 0.174 e. The van der Waals surface area contributed by atoms with Gasteiger partial charge in [0.2, 0.25) is 0 Å². The number of aliphatic hydroxyl groups excluding tert-OH is 1. The monoisotopic (exact) mass is 300 g/mol. The number of halogens is 2. The minimum atomic E-state index is -0.618. The average Bonchev–Trinajstić information content (AvgIpc) is 2.68. The first-order valence-corrected chi connectivity index (χ1v) is 6.00. The van der Waals surface area contributed by atoms with Crippen molar-refractivity contribution in [3.05, 3.63) is 57.4 Å². The van der Waals surface area contributed by atoms with Gasteiger partial charge in [0.1, 0.15) is 0 Å². The van der Waals surface area contributed by atoms with Gasteiger partial charge in [-0.2, -0.15) is 0 Å². The van der Waals surface area contributed by atoms with Gasteiger partial charge < -0.3 is 9.52 Å². The van der Waals surface area contributed by atoms with E-state index in [1.54, 1.807) is 6.07 Å². The smallest absolute Gasteiger partial charge is 0.174 e. The number of aliphatic hydroxyl groups is 1. The van der Waals surface area contributed by atoms with Crippen molar-refractivity contribution in [2.24, 2.45) is 0 Å². The third kappa shape index (κ3) is 2.48. The summed E-state index contributed by atoms with van der Waals surface area (Å²) in [5.41, 5.74) is 1.66. The predicted octanol–water partition coefficient (Wildman–Crippen LogP) is 3.97. The van der Waals surface area contributed by atoms with Crippen LogP contribution in [0.2, 0.25) is 5.02 Å². The standard InChI is InChI=1S/C12H10BrClO2/c13-12-9(5-6-16-12)11(15)7-8-3-1-2-4-10(8)14/h1-6,11,15H,7H2. The molecule has 0 aliphatic heterocycles. The van der Waals surface area contributed by atoms with Gasteiger partial charge in [-0.1, -0.05) is 29.8 Å². The first-order valence-electron chi connectivity index (χ1n) is 4.83. The van der Waals surface area contributed by atoms with Crippen molar-refractivity contribution in [1.29, 1.82) is 0 Å². The molecule has 0 aliphatic carbocycles. The molecule has 1 aromatic heterocycles. The molecule has 0 saturated heterocycles. The van der Waals surface area contributed by atoms with E-state index in [-0.39, 0.29) is 0 Å². The van der Waals surface area contributed by atoms with Crippen molar-refractivity contribution in [3.8, 4) is 0 Å². The third-order valence-corrected chi connectivity index (χ3v) is 3.39. The molecule has 2 rings (SSSR count). The van der Waals surface area contributed by atoms with Gasteiger partial charge in [0.25, 0.3) is 0 Å². The average molecular weight is 302 g/mol. The van der Waals surface area contributed by atoms with E-state index >= 15 is 0 Å². The molecule has 1 atom stereocenters. The summed E-state index contributed by atoms with van der Waals surface area (Å²) in [5, 5.41) is 10.7. The van der Waals surface area contributed by atoms with Crippen LogP contribution >= 0.6 is 27.5 Å². The van der Waals surface area contributed by atoms with Gasteiger partial charge in [0.05, 0.1) is 12.4 Å². The Balaban J connectivity index is 2.17. The number of hydrogen-bond acceptors (Lipinski definition) is 2.